The van der Waals surface area contributed by atoms with Gasteiger partial charge < -0.3 is 19.6 Å². The Morgan fingerprint density at radius 1 is 1.14 bits per heavy atom. The molecule has 174 valence electrons. The molecule has 0 aromatic heterocycles. The molecule has 3 amide bonds. The number of carbonyl (C=O) groups is 2. The zero-order valence-corrected chi connectivity index (χ0v) is 19.3. The fourth-order valence-electron chi connectivity index (χ4n) is 4.23. The molecule has 0 atom stereocenters. The number of oxime groups is 1. The van der Waals surface area contributed by atoms with Gasteiger partial charge in [0.05, 0.1) is 17.9 Å². The molecule has 35 heavy (non-hydrogen) atoms. The first kappa shape index (κ1) is 21.3. The number of amides is 3. The van der Waals surface area contributed by atoms with Crippen molar-refractivity contribution >= 4 is 47.2 Å². The van der Waals surface area contributed by atoms with Gasteiger partial charge in [-0.15, -0.1) is 0 Å². The van der Waals surface area contributed by atoms with Crippen molar-refractivity contribution in [2.24, 2.45) is 5.16 Å². The lowest BCUT2D eigenvalue weighted by Gasteiger charge is -2.24. The van der Waals surface area contributed by atoms with E-state index in [-0.39, 0.29) is 13.2 Å². The number of imide groups is 1. The number of benzene rings is 2. The monoisotopic (exact) mass is 484 g/mol. The number of carbonyl (C=O) groups excluding carboxylic acids is 2. The maximum atomic E-state index is 12.9. The maximum Gasteiger partial charge on any atom is 0.418 e. The third-order valence-electron chi connectivity index (χ3n) is 5.94. The van der Waals surface area contributed by atoms with Gasteiger partial charge in [0.25, 0.3) is 0 Å². The van der Waals surface area contributed by atoms with Crippen LogP contribution in [-0.4, -0.2) is 35.9 Å². The number of allylic oxidation sites excluding steroid dienone is 5. The predicted molar refractivity (Wildman–Crippen MR) is 134 cm³/mol. The summed E-state index contributed by atoms with van der Waals surface area (Å²) in [5, 5.41) is 7.27. The number of nitrogens with one attached hydrogen (secondary N) is 2. The molecule has 9 heteroatoms. The first-order chi connectivity index (χ1) is 17.2. The van der Waals surface area contributed by atoms with E-state index in [1.807, 2.05) is 60.7 Å². The summed E-state index contributed by atoms with van der Waals surface area (Å²) in [6.07, 6.45) is 10.0. The fourth-order valence-corrected chi connectivity index (χ4v) is 5.00. The third kappa shape index (κ3) is 4.00. The molecule has 2 aromatic rings. The summed E-state index contributed by atoms with van der Waals surface area (Å²) in [6.45, 7) is 0.393. The smallest absolute Gasteiger partial charge is 0.418 e. The second-order valence-corrected chi connectivity index (χ2v) is 8.97. The average Bonchev–Trinajstić information content (AvgIpc) is 3.34. The Hall–Kier alpha value is -4.24. The highest BCUT2D eigenvalue weighted by Crippen LogP contribution is 2.37. The van der Waals surface area contributed by atoms with Crippen LogP contribution in [0.2, 0.25) is 0 Å². The number of hydrogen-bond acceptors (Lipinski definition) is 7. The first-order valence-corrected chi connectivity index (χ1v) is 11.9. The SMILES string of the molecule is O=C(Nc1cccc(C2=NOC3=CC=CCC3=C2)c1C1=Cc2ccccc2SN1)N1CCOC1=O. The number of cyclic esters (lactones) is 1. The number of rotatable bonds is 3. The predicted octanol–water partition coefficient (Wildman–Crippen LogP) is 5.28. The van der Waals surface area contributed by atoms with Gasteiger partial charge in [0.2, 0.25) is 0 Å². The number of ether oxygens (including phenoxy) is 1. The number of anilines is 1. The minimum atomic E-state index is -0.654. The van der Waals surface area contributed by atoms with Crippen LogP contribution < -0.4 is 10.0 Å². The second kappa shape index (κ2) is 8.84. The van der Waals surface area contributed by atoms with E-state index in [2.05, 4.69) is 21.3 Å². The molecule has 2 aromatic carbocycles. The number of urea groups is 1. The Balaban J connectivity index is 1.45. The Kier molecular flexibility index (Phi) is 5.38. The topological polar surface area (TPSA) is 92.3 Å². The van der Waals surface area contributed by atoms with E-state index in [4.69, 9.17) is 9.57 Å². The van der Waals surface area contributed by atoms with Gasteiger partial charge in [-0.05, 0) is 54.3 Å². The molecule has 0 radical (unpaired) electrons. The number of hydrogen-bond donors (Lipinski definition) is 2. The van der Waals surface area contributed by atoms with Gasteiger partial charge in [-0.1, -0.05) is 47.6 Å². The van der Waals surface area contributed by atoms with Crippen molar-refractivity contribution in [3.05, 3.63) is 94.8 Å². The molecule has 2 N–H and O–H groups in total. The van der Waals surface area contributed by atoms with Crippen LogP contribution in [0.3, 0.4) is 0 Å². The van der Waals surface area contributed by atoms with Crippen molar-refractivity contribution in [2.45, 2.75) is 11.3 Å². The highest BCUT2D eigenvalue weighted by molar-refractivity contribution is 7.97. The zero-order valence-electron chi connectivity index (χ0n) is 18.5. The molecule has 4 aliphatic rings. The number of fused-ring (bicyclic) bond motifs is 2. The Morgan fingerprint density at radius 2 is 2.06 bits per heavy atom. The fraction of sp³-hybridized carbons (Fsp3) is 0.115. The van der Waals surface area contributed by atoms with E-state index in [1.165, 1.54) is 11.9 Å². The molecule has 3 heterocycles. The number of nitrogens with zero attached hydrogens (tertiary/aromatic N) is 2. The van der Waals surface area contributed by atoms with E-state index < -0.39 is 12.1 Å². The molecule has 0 unspecified atom stereocenters. The van der Waals surface area contributed by atoms with Gasteiger partial charge in [0.15, 0.2) is 5.76 Å². The molecular weight excluding hydrogens is 464 g/mol. The lowest BCUT2D eigenvalue weighted by Crippen LogP contribution is -2.36. The molecule has 0 spiro atoms. The minimum absolute atomic E-state index is 0.186. The van der Waals surface area contributed by atoms with E-state index >= 15 is 0 Å². The van der Waals surface area contributed by atoms with Crippen molar-refractivity contribution < 1.29 is 19.2 Å². The summed E-state index contributed by atoms with van der Waals surface area (Å²) in [6, 6.07) is 13.1. The second-order valence-electron chi connectivity index (χ2n) is 8.12. The largest absolute Gasteiger partial charge is 0.447 e. The van der Waals surface area contributed by atoms with Gasteiger partial charge in [0, 0.05) is 21.6 Å². The molecule has 0 bridgehead atoms. The molecule has 0 saturated carbocycles. The van der Waals surface area contributed by atoms with E-state index in [0.717, 1.165) is 49.9 Å². The normalized spacial score (nSPS) is 18.1. The molecule has 1 aliphatic carbocycles. The minimum Gasteiger partial charge on any atom is -0.447 e. The lowest BCUT2D eigenvalue weighted by molar-refractivity contribution is 0.161. The van der Waals surface area contributed by atoms with E-state index in [9.17, 15) is 9.59 Å². The van der Waals surface area contributed by atoms with Crippen LogP contribution in [0, 0.1) is 0 Å². The molecule has 6 rings (SSSR count). The van der Waals surface area contributed by atoms with Crippen molar-refractivity contribution in [2.75, 3.05) is 18.5 Å². The summed E-state index contributed by atoms with van der Waals surface area (Å²) < 4.78 is 8.33. The van der Waals surface area contributed by atoms with Crippen LogP contribution in [-0.2, 0) is 9.57 Å². The zero-order chi connectivity index (χ0) is 23.8. The summed E-state index contributed by atoms with van der Waals surface area (Å²) in [4.78, 5) is 32.7. The standard InChI is InChI=1S/C26H20N4O4S/c31-25(30-12-13-33-26(30)32)27-19-9-5-8-18(20-14-16-6-1-3-10-22(16)34-28-20)24(19)21-15-17-7-2-4-11-23(17)35-29-21/h1-5,7-11,14-15,29H,6,12-13H2,(H,27,31). The molecular formula is C26H20N4O4S. The summed E-state index contributed by atoms with van der Waals surface area (Å²) in [5.41, 5.74) is 5.60. The van der Waals surface area contributed by atoms with Gasteiger partial charge in [-0.3, -0.25) is 0 Å². The molecule has 1 fully saturated rings. The van der Waals surface area contributed by atoms with Gasteiger partial charge >= 0.3 is 12.1 Å². The van der Waals surface area contributed by atoms with Crippen molar-refractivity contribution in [3.63, 3.8) is 0 Å². The van der Waals surface area contributed by atoms with Crippen molar-refractivity contribution in [3.8, 4) is 0 Å². The van der Waals surface area contributed by atoms with Gasteiger partial charge in [-0.2, -0.15) is 0 Å². The maximum absolute atomic E-state index is 12.9. The highest BCUT2D eigenvalue weighted by Gasteiger charge is 2.30. The molecule has 8 nitrogen and oxygen atoms in total. The van der Waals surface area contributed by atoms with Gasteiger partial charge in [0.1, 0.15) is 12.3 Å². The summed E-state index contributed by atoms with van der Waals surface area (Å²) in [7, 11) is 0. The van der Waals surface area contributed by atoms with Crippen LogP contribution in [0.4, 0.5) is 15.3 Å². The van der Waals surface area contributed by atoms with Crippen LogP contribution in [0.25, 0.3) is 11.8 Å². The summed E-state index contributed by atoms with van der Waals surface area (Å²) >= 11 is 1.50. The molecule has 1 saturated heterocycles. The van der Waals surface area contributed by atoms with Crippen LogP contribution in [0.5, 0.6) is 0 Å². The average molecular weight is 485 g/mol. The lowest BCUT2D eigenvalue weighted by atomic mass is 9.94. The Morgan fingerprint density at radius 3 is 2.94 bits per heavy atom. The molecule has 3 aliphatic heterocycles. The van der Waals surface area contributed by atoms with Crippen molar-refractivity contribution in [1.29, 1.82) is 0 Å². The Labute approximate surface area is 205 Å². The summed E-state index contributed by atoms with van der Waals surface area (Å²) in [5.74, 6) is 0.731. The van der Waals surface area contributed by atoms with E-state index in [0.29, 0.717) is 11.4 Å². The quantitative estimate of drug-likeness (QED) is 0.576. The van der Waals surface area contributed by atoms with Gasteiger partial charge in [-0.25, -0.2) is 14.5 Å². The first-order valence-electron chi connectivity index (χ1n) is 11.1. The van der Waals surface area contributed by atoms with Crippen LogP contribution in [0.15, 0.2) is 88.2 Å². The van der Waals surface area contributed by atoms with Crippen LogP contribution >= 0.6 is 11.9 Å². The van der Waals surface area contributed by atoms with E-state index in [1.54, 1.807) is 6.07 Å². The Bertz CT molecular complexity index is 1410. The highest BCUT2D eigenvalue weighted by atomic mass is 32.2. The van der Waals surface area contributed by atoms with Crippen LogP contribution in [0.1, 0.15) is 23.1 Å². The van der Waals surface area contributed by atoms with Crippen molar-refractivity contribution in [1.82, 2.24) is 9.62 Å². The third-order valence-corrected chi connectivity index (χ3v) is 6.85.